The van der Waals surface area contributed by atoms with Crippen molar-refractivity contribution in [3.05, 3.63) is 60.2 Å². The van der Waals surface area contributed by atoms with Crippen molar-refractivity contribution < 1.29 is 9.53 Å². The van der Waals surface area contributed by atoms with E-state index in [2.05, 4.69) is 34.2 Å². The van der Waals surface area contributed by atoms with Gasteiger partial charge >= 0.3 is 0 Å². The zero-order valence-electron chi connectivity index (χ0n) is 13.9. The van der Waals surface area contributed by atoms with Crippen molar-refractivity contribution in [3.8, 4) is 0 Å². The fourth-order valence-electron chi connectivity index (χ4n) is 3.21. The van der Waals surface area contributed by atoms with E-state index in [0.717, 1.165) is 25.1 Å². The summed E-state index contributed by atoms with van der Waals surface area (Å²) in [7, 11) is 1.73. The molecule has 3 rings (SSSR count). The quantitative estimate of drug-likeness (QED) is 0.860. The number of carbonyl (C=O) groups is 1. The Morgan fingerprint density at radius 1 is 1.42 bits per heavy atom. The van der Waals surface area contributed by atoms with Gasteiger partial charge in [-0.15, -0.1) is 0 Å². The van der Waals surface area contributed by atoms with Gasteiger partial charge in [-0.05, 0) is 30.4 Å². The van der Waals surface area contributed by atoms with Crippen LogP contribution < -0.4 is 0 Å². The maximum atomic E-state index is 12.4. The van der Waals surface area contributed by atoms with Crippen LogP contribution in [0.5, 0.6) is 0 Å². The van der Waals surface area contributed by atoms with Gasteiger partial charge in [-0.2, -0.15) is 0 Å². The third kappa shape index (κ3) is 4.11. The number of hydrogen-bond donors (Lipinski definition) is 1. The van der Waals surface area contributed by atoms with Crippen molar-refractivity contribution in [3.63, 3.8) is 0 Å². The molecule has 1 aromatic carbocycles. The van der Waals surface area contributed by atoms with Gasteiger partial charge in [-0.1, -0.05) is 30.3 Å². The Morgan fingerprint density at radius 2 is 2.25 bits per heavy atom. The third-order valence-corrected chi connectivity index (χ3v) is 4.58. The number of nitrogens with zero attached hydrogens (tertiary/aromatic N) is 2. The van der Waals surface area contributed by atoms with Crippen molar-refractivity contribution >= 4 is 12.0 Å². The van der Waals surface area contributed by atoms with Gasteiger partial charge < -0.3 is 14.6 Å². The van der Waals surface area contributed by atoms with E-state index in [0.29, 0.717) is 12.5 Å². The van der Waals surface area contributed by atoms with Crippen LogP contribution in [0, 0.1) is 5.92 Å². The van der Waals surface area contributed by atoms with Gasteiger partial charge in [0.25, 0.3) is 0 Å². The molecule has 0 radical (unpaired) electrons. The van der Waals surface area contributed by atoms with E-state index in [1.54, 1.807) is 31.8 Å². The Morgan fingerprint density at radius 3 is 2.96 bits per heavy atom. The Hall–Kier alpha value is -2.40. The normalized spacial score (nSPS) is 21.3. The molecule has 1 aliphatic rings. The number of carbonyl (C=O) groups excluding carboxylic acids is 1. The molecule has 5 nitrogen and oxygen atoms in total. The molecule has 5 heteroatoms. The van der Waals surface area contributed by atoms with E-state index >= 15 is 0 Å². The van der Waals surface area contributed by atoms with Crippen molar-refractivity contribution in [2.45, 2.75) is 18.9 Å². The maximum Gasteiger partial charge on any atom is 0.246 e. The lowest BCUT2D eigenvalue weighted by molar-refractivity contribution is -0.131. The Bertz CT molecular complexity index is 667. The predicted molar refractivity (Wildman–Crippen MR) is 93.3 cm³/mol. The summed E-state index contributed by atoms with van der Waals surface area (Å²) in [6.07, 6.45) is 8.66. The molecule has 126 valence electrons. The fraction of sp³-hybridized carbons (Fsp3) is 0.368. The van der Waals surface area contributed by atoms with Gasteiger partial charge in [-0.3, -0.25) is 4.79 Å². The zero-order chi connectivity index (χ0) is 16.8. The topological polar surface area (TPSA) is 58.2 Å². The molecule has 1 aromatic heterocycles. The van der Waals surface area contributed by atoms with Crippen LogP contribution in [0.1, 0.15) is 17.7 Å². The molecular formula is C19H23N3O2. The van der Waals surface area contributed by atoms with Gasteiger partial charge in [0.15, 0.2) is 0 Å². The maximum absolute atomic E-state index is 12.4. The Balaban J connectivity index is 1.59. The number of nitrogens with one attached hydrogen (secondary N) is 1. The molecule has 0 bridgehead atoms. The number of amides is 1. The molecule has 0 unspecified atom stereocenters. The molecule has 1 amide bonds. The molecule has 1 fully saturated rings. The van der Waals surface area contributed by atoms with Crippen molar-refractivity contribution in [2.75, 3.05) is 20.2 Å². The second-order valence-electron chi connectivity index (χ2n) is 6.14. The van der Waals surface area contributed by atoms with E-state index in [1.165, 1.54) is 5.56 Å². The number of methoxy groups -OCH3 is 1. The minimum Gasteiger partial charge on any atom is -0.379 e. The van der Waals surface area contributed by atoms with Gasteiger partial charge in [-0.25, -0.2) is 4.98 Å². The summed E-state index contributed by atoms with van der Waals surface area (Å²) in [5, 5.41) is 0. The van der Waals surface area contributed by atoms with Crippen LogP contribution in [0.15, 0.2) is 48.9 Å². The molecule has 1 N–H and O–H groups in total. The predicted octanol–water partition coefficient (Wildman–Crippen LogP) is 2.53. The van der Waals surface area contributed by atoms with Crippen LogP contribution in [0.3, 0.4) is 0 Å². The summed E-state index contributed by atoms with van der Waals surface area (Å²) in [5.41, 5.74) is 2.15. The highest BCUT2D eigenvalue weighted by Gasteiger charge is 2.30. The number of hydrogen-bond acceptors (Lipinski definition) is 3. The Labute approximate surface area is 142 Å². The smallest absolute Gasteiger partial charge is 0.246 e. The van der Waals surface area contributed by atoms with Crippen LogP contribution in [0.4, 0.5) is 0 Å². The van der Waals surface area contributed by atoms with Gasteiger partial charge in [0, 0.05) is 26.3 Å². The lowest BCUT2D eigenvalue weighted by Gasteiger charge is -2.37. The molecule has 1 saturated heterocycles. The first-order valence-electron chi connectivity index (χ1n) is 8.28. The van der Waals surface area contributed by atoms with E-state index in [4.69, 9.17) is 4.74 Å². The number of ether oxygens (including phenoxy) is 1. The number of piperidine rings is 1. The molecule has 0 aliphatic carbocycles. The SMILES string of the molecule is CO[C@H]1CN(C(=O)/C=C/c2cnc[nH]2)CC[C@@H]1Cc1ccccc1. The summed E-state index contributed by atoms with van der Waals surface area (Å²) in [6, 6.07) is 10.5. The summed E-state index contributed by atoms with van der Waals surface area (Å²) < 4.78 is 5.67. The number of aromatic nitrogens is 2. The number of aromatic amines is 1. The van der Waals surface area contributed by atoms with Crippen LogP contribution in [-0.4, -0.2) is 47.1 Å². The van der Waals surface area contributed by atoms with Gasteiger partial charge in [0.2, 0.25) is 5.91 Å². The average molecular weight is 325 g/mol. The highest BCUT2D eigenvalue weighted by atomic mass is 16.5. The molecular weight excluding hydrogens is 302 g/mol. The van der Waals surface area contributed by atoms with E-state index in [1.807, 2.05) is 11.0 Å². The molecule has 1 aliphatic heterocycles. The first kappa shape index (κ1) is 16.5. The third-order valence-electron chi connectivity index (χ3n) is 4.58. The molecule has 0 saturated carbocycles. The summed E-state index contributed by atoms with van der Waals surface area (Å²) in [6.45, 7) is 1.41. The second kappa shape index (κ2) is 7.93. The minimum absolute atomic E-state index is 0.0183. The second-order valence-corrected chi connectivity index (χ2v) is 6.14. The largest absolute Gasteiger partial charge is 0.379 e. The molecule has 0 spiro atoms. The standard InChI is InChI=1S/C19H23N3O2/c1-24-18-13-22(19(23)8-7-17-12-20-14-21-17)10-9-16(18)11-15-5-3-2-4-6-15/h2-8,12,14,16,18H,9-11,13H2,1H3,(H,20,21)/b8-7+/t16-,18+/m1/s1. The summed E-state index contributed by atoms with van der Waals surface area (Å²) in [4.78, 5) is 21.1. The number of benzene rings is 1. The van der Waals surface area contributed by atoms with E-state index in [-0.39, 0.29) is 12.0 Å². The van der Waals surface area contributed by atoms with Gasteiger partial charge in [0.1, 0.15) is 0 Å². The first-order chi connectivity index (χ1) is 11.8. The summed E-state index contributed by atoms with van der Waals surface area (Å²) >= 11 is 0. The highest BCUT2D eigenvalue weighted by Crippen LogP contribution is 2.24. The lowest BCUT2D eigenvalue weighted by atomic mass is 9.87. The number of imidazole rings is 1. The van der Waals surface area contributed by atoms with Crippen LogP contribution in [0.2, 0.25) is 0 Å². The van der Waals surface area contributed by atoms with Crippen molar-refractivity contribution in [2.24, 2.45) is 5.92 Å². The van der Waals surface area contributed by atoms with Crippen LogP contribution in [-0.2, 0) is 16.0 Å². The monoisotopic (exact) mass is 325 g/mol. The lowest BCUT2D eigenvalue weighted by Crippen LogP contribution is -2.47. The molecule has 24 heavy (non-hydrogen) atoms. The van der Waals surface area contributed by atoms with E-state index in [9.17, 15) is 4.79 Å². The number of likely N-dealkylation sites (tertiary alicyclic amines) is 1. The molecule has 2 heterocycles. The van der Waals surface area contributed by atoms with Crippen LogP contribution >= 0.6 is 0 Å². The molecule has 2 atom stereocenters. The highest BCUT2D eigenvalue weighted by molar-refractivity contribution is 5.91. The molecule has 2 aromatic rings. The fourth-order valence-corrected chi connectivity index (χ4v) is 3.21. The zero-order valence-corrected chi connectivity index (χ0v) is 13.9. The summed E-state index contributed by atoms with van der Waals surface area (Å²) in [5.74, 6) is 0.461. The van der Waals surface area contributed by atoms with Gasteiger partial charge in [0.05, 0.1) is 24.3 Å². The number of H-pyrrole nitrogens is 1. The Kier molecular flexibility index (Phi) is 5.43. The van der Waals surface area contributed by atoms with Crippen molar-refractivity contribution in [1.29, 1.82) is 0 Å². The number of rotatable bonds is 5. The first-order valence-corrected chi connectivity index (χ1v) is 8.28. The average Bonchev–Trinajstić information content (AvgIpc) is 3.14. The van der Waals surface area contributed by atoms with E-state index < -0.39 is 0 Å². The van der Waals surface area contributed by atoms with Crippen molar-refractivity contribution in [1.82, 2.24) is 14.9 Å². The minimum atomic E-state index is 0.0183. The van der Waals surface area contributed by atoms with Crippen LogP contribution in [0.25, 0.3) is 6.08 Å².